The third-order valence-corrected chi connectivity index (χ3v) is 5.18. The molecule has 190 valence electrons. The van der Waals surface area contributed by atoms with Gasteiger partial charge in [-0.05, 0) is 29.3 Å². The smallest absolute Gasteiger partial charge is 0.305 e. The van der Waals surface area contributed by atoms with Crippen LogP contribution in [0.4, 0.5) is 11.5 Å². The quantitative estimate of drug-likeness (QED) is 0.230. The first-order valence-electron chi connectivity index (χ1n) is 10.4. The monoisotopic (exact) mass is 537 g/mol. The van der Waals surface area contributed by atoms with Crippen molar-refractivity contribution in [2.75, 3.05) is 23.9 Å². The van der Waals surface area contributed by atoms with Crippen LogP contribution in [0, 0.1) is 0 Å². The minimum absolute atomic E-state index is 0.00395. The first-order valence-corrected chi connectivity index (χ1v) is 11.1. The van der Waals surface area contributed by atoms with Crippen molar-refractivity contribution in [1.29, 1.82) is 0 Å². The molecule has 1 aliphatic heterocycles. The number of ether oxygens (including phenoxy) is 2. The average molecular weight is 538 g/mol. The molecule has 0 bridgehead atoms. The molecule has 15 heteroatoms. The number of nitrogens with one attached hydrogen (secondary N) is 3. The lowest BCUT2D eigenvalue weighted by atomic mass is 10.1. The van der Waals surface area contributed by atoms with Crippen LogP contribution in [0.15, 0.2) is 24.5 Å². The highest BCUT2D eigenvalue weighted by molar-refractivity contribution is 6.63. The second-order valence-corrected chi connectivity index (χ2v) is 7.88. The molecule has 0 fully saturated rings. The Morgan fingerprint density at radius 1 is 1.22 bits per heavy atom. The average Bonchev–Trinajstić information content (AvgIpc) is 3.20. The van der Waals surface area contributed by atoms with Gasteiger partial charge in [-0.2, -0.15) is 5.10 Å². The second-order valence-electron chi connectivity index (χ2n) is 7.27. The molecule has 0 saturated carbocycles. The standard InChI is InChI=1S/C16H14ClN7O3.C5H7ClO3/c1-24-15(22-17)13-12(23-24)14(20-7-19-13)16(26)18-5-8-2-3-10-9(4-8)21-11(25)6-27-10;1-9-5(8)3-2-4(6)7/h2-4,7,22H,5-6H2,1H3,(H,18,26)(H,21,25);2-3H2,1H3. The molecule has 0 aliphatic carbocycles. The van der Waals surface area contributed by atoms with Gasteiger partial charge in [0.05, 0.1) is 19.2 Å². The predicted octanol–water partition coefficient (Wildman–Crippen LogP) is 1.89. The molecule has 13 nitrogen and oxygen atoms in total. The molecule has 4 rings (SSSR count). The molecular formula is C21H21Cl2N7O6. The van der Waals surface area contributed by atoms with E-state index in [1.54, 1.807) is 19.2 Å². The molecule has 2 aromatic heterocycles. The van der Waals surface area contributed by atoms with E-state index in [0.29, 0.717) is 28.3 Å². The molecule has 2 amide bonds. The summed E-state index contributed by atoms with van der Waals surface area (Å²) in [6.07, 6.45) is 1.40. The fourth-order valence-corrected chi connectivity index (χ4v) is 3.39. The minimum Gasteiger partial charge on any atom is -0.482 e. The van der Waals surface area contributed by atoms with Crippen molar-refractivity contribution >= 4 is 68.9 Å². The van der Waals surface area contributed by atoms with Crippen molar-refractivity contribution in [3.8, 4) is 5.75 Å². The fraction of sp³-hybridized carbons (Fsp3) is 0.286. The van der Waals surface area contributed by atoms with Gasteiger partial charge in [0.25, 0.3) is 11.8 Å². The molecule has 0 radical (unpaired) electrons. The summed E-state index contributed by atoms with van der Waals surface area (Å²) >= 11 is 10.6. The molecule has 1 aliphatic rings. The lowest BCUT2D eigenvalue weighted by Gasteiger charge is -2.18. The lowest BCUT2D eigenvalue weighted by molar-refractivity contribution is -0.141. The molecule has 1 aromatic carbocycles. The molecule has 0 unspecified atom stereocenters. The summed E-state index contributed by atoms with van der Waals surface area (Å²) in [6.45, 7) is 0.233. The highest BCUT2D eigenvalue weighted by atomic mass is 35.5. The van der Waals surface area contributed by atoms with Crippen LogP contribution in [0.5, 0.6) is 5.75 Å². The Balaban J connectivity index is 0.000000345. The number of fused-ring (bicyclic) bond motifs is 2. The van der Waals surface area contributed by atoms with E-state index in [2.05, 4.69) is 35.3 Å². The third kappa shape index (κ3) is 6.58. The summed E-state index contributed by atoms with van der Waals surface area (Å²) in [5.74, 6) is 0.0277. The Morgan fingerprint density at radius 2 is 2.00 bits per heavy atom. The number of hydrogen-bond donors (Lipinski definition) is 3. The van der Waals surface area contributed by atoms with Gasteiger partial charge in [0.2, 0.25) is 5.24 Å². The first-order chi connectivity index (χ1) is 17.2. The highest BCUT2D eigenvalue weighted by Crippen LogP contribution is 2.28. The second kappa shape index (κ2) is 12.1. The van der Waals surface area contributed by atoms with Crippen molar-refractivity contribution in [1.82, 2.24) is 25.1 Å². The zero-order chi connectivity index (χ0) is 26.2. The molecule has 3 N–H and O–H groups in total. The van der Waals surface area contributed by atoms with Gasteiger partial charge in [-0.15, -0.1) is 0 Å². The lowest BCUT2D eigenvalue weighted by Crippen LogP contribution is -2.26. The van der Waals surface area contributed by atoms with E-state index < -0.39 is 17.1 Å². The van der Waals surface area contributed by atoms with Crippen LogP contribution >= 0.6 is 23.4 Å². The third-order valence-electron chi connectivity index (χ3n) is 4.81. The number of aryl methyl sites for hydroxylation is 1. The van der Waals surface area contributed by atoms with Crippen LogP contribution in [0.25, 0.3) is 11.0 Å². The molecule has 0 spiro atoms. The van der Waals surface area contributed by atoms with Gasteiger partial charge in [-0.1, -0.05) is 6.07 Å². The topological polar surface area (TPSA) is 166 Å². The number of nitrogens with zero attached hydrogens (tertiary/aromatic N) is 4. The number of aromatic nitrogens is 4. The van der Waals surface area contributed by atoms with Gasteiger partial charge in [-0.25, -0.2) is 14.6 Å². The van der Waals surface area contributed by atoms with Gasteiger partial charge < -0.3 is 20.1 Å². The van der Waals surface area contributed by atoms with Crippen molar-refractivity contribution in [2.24, 2.45) is 7.05 Å². The van der Waals surface area contributed by atoms with Crippen molar-refractivity contribution < 1.29 is 28.7 Å². The maximum absolute atomic E-state index is 12.6. The molecule has 36 heavy (non-hydrogen) atoms. The number of benzene rings is 1. The molecule has 0 atom stereocenters. The number of carbonyl (C=O) groups excluding carboxylic acids is 4. The van der Waals surface area contributed by atoms with E-state index in [0.717, 1.165) is 5.56 Å². The van der Waals surface area contributed by atoms with Gasteiger partial charge in [0, 0.05) is 31.8 Å². The largest absolute Gasteiger partial charge is 0.482 e. The van der Waals surface area contributed by atoms with E-state index in [1.165, 1.54) is 18.1 Å². The summed E-state index contributed by atoms with van der Waals surface area (Å²) in [6, 6.07) is 5.30. The van der Waals surface area contributed by atoms with Gasteiger partial charge >= 0.3 is 5.97 Å². The summed E-state index contributed by atoms with van der Waals surface area (Å²) < 4.78 is 11.0. The number of hydrogen-bond acceptors (Lipinski definition) is 10. The Labute approximate surface area is 214 Å². The Morgan fingerprint density at radius 3 is 2.69 bits per heavy atom. The van der Waals surface area contributed by atoms with E-state index >= 15 is 0 Å². The van der Waals surface area contributed by atoms with Gasteiger partial charge in [0.1, 0.15) is 23.1 Å². The number of halogens is 2. The normalized spacial score (nSPS) is 11.8. The number of carbonyl (C=O) groups is 4. The van der Waals surface area contributed by atoms with Crippen LogP contribution in [0.3, 0.4) is 0 Å². The maximum atomic E-state index is 12.6. The zero-order valence-electron chi connectivity index (χ0n) is 19.1. The van der Waals surface area contributed by atoms with Gasteiger partial charge in [0.15, 0.2) is 18.1 Å². The summed E-state index contributed by atoms with van der Waals surface area (Å²) in [5.41, 5.74) is 2.30. The molecule has 3 heterocycles. The van der Waals surface area contributed by atoms with Crippen molar-refractivity contribution in [3.05, 3.63) is 35.8 Å². The maximum Gasteiger partial charge on any atom is 0.305 e. The number of methoxy groups -OCH3 is 1. The first kappa shape index (κ1) is 26.6. The van der Waals surface area contributed by atoms with Crippen LogP contribution in [0.1, 0.15) is 28.9 Å². The number of esters is 1. The SMILES string of the molecule is COC(=O)CCC(=O)Cl.Cn1nc2c(C(=O)NCc3ccc4c(c3)NC(=O)CO4)ncnc2c1NCl. The highest BCUT2D eigenvalue weighted by Gasteiger charge is 2.20. The van der Waals surface area contributed by atoms with Crippen LogP contribution in [0.2, 0.25) is 0 Å². The van der Waals surface area contributed by atoms with Crippen LogP contribution in [-0.2, 0) is 32.7 Å². The van der Waals surface area contributed by atoms with Crippen molar-refractivity contribution in [2.45, 2.75) is 19.4 Å². The Bertz CT molecular complexity index is 1310. The minimum atomic E-state index is -0.514. The van der Waals surface area contributed by atoms with E-state index in [4.69, 9.17) is 28.1 Å². The number of amides is 2. The summed E-state index contributed by atoms with van der Waals surface area (Å²) in [5, 5.41) is 9.25. The van der Waals surface area contributed by atoms with Gasteiger partial charge in [-0.3, -0.25) is 24.0 Å². The molecule has 3 aromatic rings. The van der Waals surface area contributed by atoms with E-state index in [1.807, 2.05) is 6.07 Å². The predicted molar refractivity (Wildman–Crippen MR) is 130 cm³/mol. The van der Waals surface area contributed by atoms with E-state index in [9.17, 15) is 19.2 Å². The molecular weight excluding hydrogens is 517 g/mol. The fourth-order valence-electron chi connectivity index (χ4n) is 3.08. The number of rotatable bonds is 7. The molecule has 0 saturated heterocycles. The van der Waals surface area contributed by atoms with Crippen LogP contribution in [-0.4, -0.2) is 56.5 Å². The summed E-state index contributed by atoms with van der Waals surface area (Å²) in [7, 11) is 2.94. The Kier molecular flexibility index (Phi) is 8.97. The summed E-state index contributed by atoms with van der Waals surface area (Å²) in [4.78, 5) is 54.9. The number of anilines is 2. The Hall–Kier alpha value is -3.97. The van der Waals surface area contributed by atoms with E-state index in [-0.39, 0.29) is 37.6 Å². The van der Waals surface area contributed by atoms with Crippen LogP contribution < -0.4 is 20.2 Å². The van der Waals surface area contributed by atoms with Crippen molar-refractivity contribution in [3.63, 3.8) is 0 Å². The zero-order valence-corrected chi connectivity index (χ0v) is 20.6.